The number of nitrogens with two attached hydrogens (primary N) is 1. The number of methoxy groups -OCH3 is 1. The molecule has 0 unspecified atom stereocenters. The first-order chi connectivity index (χ1) is 13.1. The number of hydrogen-bond donors (Lipinski definition) is 1. The number of fused-ring (bicyclic) bond motifs is 1. The first-order valence-electron chi connectivity index (χ1n) is 8.43. The van der Waals surface area contributed by atoms with Gasteiger partial charge < -0.3 is 19.9 Å². The van der Waals surface area contributed by atoms with Crippen molar-refractivity contribution in [1.29, 1.82) is 0 Å². The maximum absolute atomic E-state index is 11.6. The minimum atomic E-state index is -0.899. The van der Waals surface area contributed by atoms with Crippen LogP contribution in [-0.4, -0.2) is 44.4 Å². The summed E-state index contributed by atoms with van der Waals surface area (Å²) in [5.41, 5.74) is 7.56. The summed E-state index contributed by atoms with van der Waals surface area (Å²) in [4.78, 5) is 28.4. The van der Waals surface area contributed by atoms with Crippen LogP contribution in [-0.2, 0) is 11.3 Å². The molecule has 0 aliphatic carbocycles. The number of carbonyl (C=O) groups is 1. The number of pyridine rings is 1. The predicted molar refractivity (Wildman–Crippen MR) is 96.5 cm³/mol. The Bertz CT molecular complexity index is 928. The van der Waals surface area contributed by atoms with Gasteiger partial charge in [0.05, 0.1) is 20.3 Å². The zero-order chi connectivity index (χ0) is 19.2. The molecule has 0 radical (unpaired) electrons. The van der Waals surface area contributed by atoms with Crippen LogP contribution >= 0.6 is 0 Å². The van der Waals surface area contributed by atoms with Crippen LogP contribution in [0, 0.1) is 0 Å². The Morgan fingerprint density at radius 2 is 2.15 bits per heavy atom. The summed E-state index contributed by atoms with van der Waals surface area (Å²) < 4.78 is 16.9. The van der Waals surface area contributed by atoms with Gasteiger partial charge in [-0.25, -0.2) is 4.79 Å². The molecular weight excluding hydrogens is 352 g/mol. The van der Waals surface area contributed by atoms with Crippen LogP contribution < -0.4 is 15.2 Å². The van der Waals surface area contributed by atoms with E-state index in [4.69, 9.17) is 15.2 Å². The number of nitrogen functional groups attached to an aromatic ring is 1. The Balaban J connectivity index is 2.05. The highest BCUT2D eigenvalue weighted by atomic mass is 16.7. The highest BCUT2D eigenvalue weighted by molar-refractivity contribution is 5.83. The molecule has 0 spiro atoms. The molecule has 3 rings (SSSR count). The lowest BCUT2D eigenvalue weighted by Crippen LogP contribution is -2.13. The molecular formula is C17H20N6O4. The van der Waals surface area contributed by atoms with Gasteiger partial charge in [0.2, 0.25) is 0 Å². The van der Waals surface area contributed by atoms with Gasteiger partial charge in [-0.1, -0.05) is 19.4 Å². The van der Waals surface area contributed by atoms with E-state index in [-0.39, 0.29) is 17.8 Å². The molecule has 0 bridgehead atoms. The first-order valence-corrected chi connectivity index (χ1v) is 8.43. The first kappa shape index (κ1) is 18.4. The van der Waals surface area contributed by atoms with E-state index < -0.39 is 6.16 Å². The molecule has 0 aliphatic rings. The van der Waals surface area contributed by atoms with E-state index in [1.807, 2.05) is 6.07 Å². The van der Waals surface area contributed by atoms with Crippen molar-refractivity contribution in [3.63, 3.8) is 0 Å². The maximum atomic E-state index is 11.6. The zero-order valence-electron chi connectivity index (χ0n) is 15.1. The molecule has 10 heteroatoms. The molecule has 27 heavy (non-hydrogen) atoms. The van der Waals surface area contributed by atoms with E-state index in [0.29, 0.717) is 24.3 Å². The summed E-state index contributed by atoms with van der Waals surface area (Å²) in [5, 5.41) is 0. The number of anilines is 1. The second-order valence-electron chi connectivity index (χ2n) is 5.66. The molecule has 0 saturated heterocycles. The summed E-state index contributed by atoms with van der Waals surface area (Å²) in [6.45, 7) is 2.84. The summed E-state index contributed by atoms with van der Waals surface area (Å²) in [6.07, 6.45) is 4.31. The van der Waals surface area contributed by atoms with Crippen molar-refractivity contribution in [2.24, 2.45) is 0 Å². The number of nitrogens with zero attached hydrogens (tertiary/aromatic N) is 5. The van der Waals surface area contributed by atoms with Gasteiger partial charge in [0.25, 0.3) is 0 Å². The monoisotopic (exact) mass is 372 g/mol. The van der Waals surface area contributed by atoms with Crippen molar-refractivity contribution in [2.75, 3.05) is 19.5 Å². The van der Waals surface area contributed by atoms with Crippen LogP contribution in [0.15, 0.2) is 24.5 Å². The molecule has 142 valence electrons. The lowest BCUT2D eigenvalue weighted by atomic mass is 10.3. The number of unbranched alkanes of at least 4 members (excludes halogenated alkanes) is 1. The highest BCUT2D eigenvalue weighted by Crippen LogP contribution is 2.26. The maximum Gasteiger partial charge on any atom is 0.516 e. The molecule has 0 fully saturated rings. The molecule has 3 aromatic rings. The quantitative estimate of drug-likeness (QED) is 0.490. The largest absolute Gasteiger partial charge is 0.516 e. The smallest absolute Gasteiger partial charge is 0.463 e. The summed E-state index contributed by atoms with van der Waals surface area (Å²) in [6, 6.07) is 3.82. The molecule has 2 N–H and O–H groups in total. The minimum Gasteiger partial charge on any atom is -0.463 e. The third kappa shape index (κ3) is 4.22. The van der Waals surface area contributed by atoms with Crippen molar-refractivity contribution in [3.05, 3.63) is 30.1 Å². The van der Waals surface area contributed by atoms with Gasteiger partial charge in [0, 0.05) is 12.4 Å². The average Bonchev–Trinajstić information content (AvgIpc) is 3.00. The summed E-state index contributed by atoms with van der Waals surface area (Å²) >= 11 is 0. The lowest BCUT2D eigenvalue weighted by Gasteiger charge is -2.09. The number of ether oxygens (including phenoxy) is 3. The van der Waals surface area contributed by atoms with Crippen LogP contribution in [0.3, 0.4) is 0 Å². The molecule has 10 nitrogen and oxygen atoms in total. The van der Waals surface area contributed by atoms with E-state index in [1.54, 1.807) is 23.0 Å². The topological polar surface area (TPSA) is 127 Å². The molecule has 0 saturated carbocycles. The Morgan fingerprint density at radius 1 is 1.30 bits per heavy atom. The minimum absolute atomic E-state index is 0.00703. The van der Waals surface area contributed by atoms with E-state index in [9.17, 15) is 4.79 Å². The summed E-state index contributed by atoms with van der Waals surface area (Å²) in [5.74, 6) is 0.131. The summed E-state index contributed by atoms with van der Waals surface area (Å²) in [7, 11) is 1.21. The van der Waals surface area contributed by atoms with Gasteiger partial charge in [-0.3, -0.25) is 9.55 Å². The fourth-order valence-corrected chi connectivity index (χ4v) is 2.36. The second-order valence-corrected chi connectivity index (χ2v) is 5.66. The number of hydrogen-bond acceptors (Lipinski definition) is 9. The number of imidazole rings is 1. The molecule has 0 aliphatic heterocycles. The molecule has 0 aromatic carbocycles. The Hall–Kier alpha value is -3.43. The SMILES string of the molecule is CCCCOc1nc(N)c2nc(OC(=O)OC)n(Cc3cccnc3)c2n1. The third-order valence-electron chi connectivity index (χ3n) is 3.70. The van der Waals surface area contributed by atoms with Gasteiger partial charge in [-0.15, -0.1) is 0 Å². The Morgan fingerprint density at radius 3 is 2.85 bits per heavy atom. The van der Waals surface area contributed by atoms with E-state index >= 15 is 0 Å². The van der Waals surface area contributed by atoms with Crippen molar-refractivity contribution in [2.45, 2.75) is 26.3 Å². The Kier molecular flexibility index (Phi) is 5.64. The predicted octanol–water partition coefficient (Wildman–Crippen LogP) is 2.18. The van der Waals surface area contributed by atoms with Crippen molar-refractivity contribution >= 4 is 23.1 Å². The normalized spacial score (nSPS) is 10.7. The van der Waals surface area contributed by atoms with E-state index in [2.05, 4.69) is 31.6 Å². The highest BCUT2D eigenvalue weighted by Gasteiger charge is 2.21. The van der Waals surface area contributed by atoms with Gasteiger partial charge in [-0.2, -0.15) is 15.0 Å². The standard InChI is InChI=1S/C17H20N6O4/c1-3-4-8-26-15-21-13(18)12-14(22-15)23(10-11-6-5-7-19-9-11)16(20-12)27-17(24)25-2/h5-7,9H,3-4,8,10H2,1-2H3,(H2,18,21,22). The van der Waals surface area contributed by atoms with Crippen molar-refractivity contribution < 1.29 is 19.0 Å². The zero-order valence-corrected chi connectivity index (χ0v) is 15.1. The van der Waals surface area contributed by atoms with Crippen LogP contribution in [0.1, 0.15) is 25.3 Å². The Labute approximate surface area is 155 Å². The molecule has 3 heterocycles. The van der Waals surface area contributed by atoms with Crippen molar-refractivity contribution in [3.8, 4) is 12.0 Å². The van der Waals surface area contributed by atoms with Gasteiger partial charge >= 0.3 is 18.2 Å². The van der Waals surface area contributed by atoms with Crippen LogP contribution in [0.4, 0.5) is 10.6 Å². The van der Waals surface area contributed by atoms with Crippen LogP contribution in [0.2, 0.25) is 0 Å². The fraction of sp³-hybridized carbons (Fsp3) is 0.353. The van der Waals surface area contributed by atoms with Gasteiger partial charge in [0.1, 0.15) is 0 Å². The van der Waals surface area contributed by atoms with Crippen LogP contribution in [0.25, 0.3) is 11.2 Å². The molecule has 3 aromatic heterocycles. The number of aromatic nitrogens is 5. The second kappa shape index (κ2) is 8.30. The molecule has 0 atom stereocenters. The third-order valence-corrected chi connectivity index (χ3v) is 3.70. The van der Waals surface area contributed by atoms with Crippen molar-refractivity contribution in [1.82, 2.24) is 24.5 Å². The van der Waals surface area contributed by atoms with E-state index in [0.717, 1.165) is 18.4 Å². The lowest BCUT2D eigenvalue weighted by molar-refractivity contribution is 0.116. The molecule has 0 amide bonds. The van der Waals surface area contributed by atoms with Crippen LogP contribution in [0.5, 0.6) is 12.0 Å². The van der Waals surface area contributed by atoms with Gasteiger partial charge in [0.15, 0.2) is 17.0 Å². The number of carbonyl (C=O) groups excluding carboxylic acids is 1. The number of rotatable bonds is 7. The average molecular weight is 372 g/mol. The van der Waals surface area contributed by atoms with Gasteiger partial charge in [-0.05, 0) is 18.1 Å². The van der Waals surface area contributed by atoms with E-state index in [1.165, 1.54) is 7.11 Å². The fourth-order valence-electron chi connectivity index (χ4n) is 2.36.